The fourth-order valence-electron chi connectivity index (χ4n) is 2.37. The molecule has 30 heavy (non-hydrogen) atoms. The molecular weight excluding hydrogens is 428 g/mol. The van der Waals surface area contributed by atoms with Gasteiger partial charge in [-0.25, -0.2) is 16.8 Å². The van der Waals surface area contributed by atoms with E-state index in [1.807, 2.05) is 0 Å². The molecule has 0 aromatic heterocycles. The topological polar surface area (TPSA) is 126 Å². The van der Waals surface area contributed by atoms with Crippen LogP contribution in [0.1, 0.15) is 12.8 Å². The van der Waals surface area contributed by atoms with E-state index in [0.717, 1.165) is 10.8 Å². The van der Waals surface area contributed by atoms with Gasteiger partial charge in [0.25, 0.3) is 0 Å². The minimum Gasteiger partial charge on any atom is -0.326 e. The summed E-state index contributed by atoms with van der Waals surface area (Å²) in [4.78, 5) is 24.1. The Morgan fingerprint density at radius 2 is 1.10 bits per heavy atom. The molecule has 0 spiro atoms. The predicted molar refractivity (Wildman–Crippen MR) is 114 cm³/mol. The molecule has 0 saturated carbocycles. The summed E-state index contributed by atoms with van der Waals surface area (Å²) < 4.78 is 47.2. The van der Waals surface area contributed by atoms with Gasteiger partial charge in [0.1, 0.15) is 0 Å². The normalized spacial score (nSPS) is 11.3. The summed E-state index contributed by atoms with van der Waals surface area (Å²) >= 11 is 0. The molecule has 2 rings (SSSR count). The molecule has 0 heterocycles. The first-order valence-corrected chi connectivity index (χ1v) is 11.7. The monoisotopic (exact) mass is 448 g/mol. The van der Waals surface area contributed by atoms with Gasteiger partial charge in [0.2, 0.25) is 11.8 Å². The Morgan fingerprint density at radius 3 is 1.43 bits per heavy atom. The summed E-state index contributed by atoms with van der Waals surface area (Å²) in [5, 5.41) is 6.68. The van der Waals surface area contributed by atoms with Crippen molar-refractivity contribution in [1.82, 2.24) is 0 Å². The first kappa shape index (κ1) is 23.0. The van der Waals surface area contributed by atoms with Crippen molar-refractivity contribution in [2.45, 2.75) is 22.6 Å². The van der Waals surface area contributed by atoms with Crippen molar-refractivity contribution in [3.8, 4) is 0 Å². The largest absolute Gasteiger partial charge is 0.326 e. The van der Waals surface area contributed by atoms with Crippen LogP contribution in [0.15, 0.2) is 82.3 Å². The quantitative estimate of drug-likeness (QED) is 0.607. The summed E-state index contributed by atoms with van der Waals surface area (Å²) in [7, 11) is -7.27. The number of nitrogens with one attached hydrogen (secondary N) is 2. The van der Waals surface area contributed by atoms with Gasteiger partial charge in [0.05, 0.1) is 9.79 Å². The maximum atomic E-state index is 12.1. The Kier molecular flexibility index (Phi) is 7.30. The Morgan fingerprint density at radius 1 is 0.733 bits per heavy atom. The zero-order chi connectivity index (χ0) is 22.4. The third-order valence-corrected chi connectivity index (χ3v) is 6.61. The lowest BCUT2D eigenvalue weighted by Gasteiger charge is -2.08. The van der Waals surface area contributed by atoms with E-state index in [-0.39, 0.29) is 34.0 Å². The van der Waals surface area contributed by atoms with Crippen LogP contribution in [0.2, 0.25) is 0 Å². The number of anilines is 2. The van der Waals surface area contributed by atoms with Gasteiger partial charge in [-0.2, -0.15) is 0 Å². The maximum Gasteiger partial charge on any atom is 0.224 e. The Balaban J connectivity index is 1.95. The lowest BCUT2D eigenvalue weighted by atomic mass is 10.2. The van der Waals surface area contributed by atoms with Crippen LogP contribution in [-0.4, -0.2) is 28.6 Å². The highest BCUT2D eigenvalue weighted by molar-refractivity contribution is 7.94. The zero-order valence-electron chi connectivity index (χ0n) is 15.9. The van der Waals surface area contributed by atoms with Crippen LogP contribution in [0.4, 0.5) is 11.4 Å². The van der Waals surface area contributed by atoms with Gasteiger partial charge in [-0.15, -0.1) is 0 Å². The molecule has 0 unspecified atom stereocenters. The summed E-state index contributed by atoms with van der Waals surface area (Å²) in [6.45, 7) is 6.50. The van der Waals surface area contributed by atoms with Crippen molar-refractivity contribution in [3.63, 3.8) is 0 Å². The average molecular weight is 449 g/mol. The standard InChI is InChI=1S/C20H20N2O6S2/c1-3-29(25,26)17-9-5-7-15(13-17)21-19(23)11-12-20(24)22-16-8-6-10-18(14-16)30(27,28)4-2/h3-10,13-14H,1-2,11-12H2,(H,21,23)(H,22,24). The second kappa shape index (κ2) is 9.51. The van der Waals surface area contributed by atoms with Crippen LogP contribution < -0.4 is 10.6 Å². The predicted octanol–water partition coefficient (Wildman–Crippen LogP) is 2.88. The van der Waals surface area contributed by atoms with Gasteiger partial charge < -0.3 is 10.6 Å². The Labute approximate surface area is 175 Å². The second-order valence-corrected chi connectivity index (χ2v) is 9.86. The molecule has 0 radical (unpaired) electrons. The molecule has 0 bridgehead atoms. The highest BCUT2D eigenvalue weighted by atomic mass is 32.2. The molecule has 8 nitrogen and oxygen atoms in total. The van der Waals surface area contributed by atoms with Crippen LogP contribution in [0.5, 0.6) is 0 Å². The molecule has 2 aromatic rings. The van der Waals surface area contributed by atoms with Crippen LogP contribution >= 0.6 is 0 Å². The fraction of sp³-hybridized carbons (Fsp3) is 0.100. The van der Waals surface area contributed by atoms with E-state index in [1.54, 1.807) is 0 Å². The van der Waals surface area contributed by atoms with Gasteiger partial charge >= 0.3 is 0 Å². The SMILES string of the molecule is C=CS(=O)(=O)c1cccc(NC(=O)CCC(=O)Nc2cccc(S(=O)(=O)C=C)c2)c1. The van der Waals surface area contributed by atoms with Gasteiger partial charge in [-0.1, -0.05) is 25.3 Å². The molecule has 2 amide bonds. The van der Waals surface area contributed by atoms with Crippen molar-refractivity contribution < 1.29 is 26.4 Å². The van der Waals surface area contributed by atoms with Crippen molar-refractivity contribution in [2.24, 2.45) is 0 Å². The van der Waals surface area contributed by atoms with E-state index >= 15 is 0 Å². The molecule has 0 aliphatic rings. The average Bonchev–Trinajstić information content (AvgIpc) is 2.72. The molecule has 2 N–H and O–H groups in total. The fourth-order valence-corrected chi connectivity index (χ4v) is 3.87. The van der Waals surface area contributed by atoms with Crippen molar-refractivity contribution in [3.05, 3.63) is 72.5 Å². The minimum absolute atomic E-state index is 0.0117. The zero-order valence-corrected chi connectivity index (χ0v) is 17.5. The van der Waals surface area contributed by atoms with Crippen molar-refractivity contribution in [2.75, 3.05) is 10.6 Å². The lowest BCUT2D eigenvalue weighted by molar-refractivity contribution is -0.121. The van der Waals surface area contributed by atoms with Crippen LogP contribution in [0.25, 0.3) is 0 Å². The number of benzene rings is 2. The van der Waals surface area contributed by atoms with Crippen LogP contribution in [0.3, 0.4) is 0 Å². The first-order chi connectivity index (χ1) is 14.1. The summed E-state index contributed by atoms with van der Waals surface area (Å²) in [5.41, 5.74) is 0.538. The third-order valence-electron chi connectivity index (χ3n) is 3.91. The molecule has 158 valence electrons. The number of hydrogen-bond acceptors (Lipinski definition) is 6. The Hall–Kier alpha value is -3.24. The summed E-state index contributed by atoms with van der Waals surface area (Å²) in [6.07, 6.45) is -0.316. The van der Waals surface area contributed by atoms with Crippen molar-refractivity contribution >= 4 is 42.9 Å². The van der Waals surface area contributed by atoms with E-state index in [2.05, 4.69) is 23.8 Å². The number of amides is 2. The molecule has 0 fully saturated rings. The summed E-state index contributed by atoms with van der Waals surface area (Å²) in [6, 6.07) is 11.3. The van der Waals surface area contributed by atoms with Crippen LogP contribution in [-0.2, 0) is 29.3 Å². The molecule has 10 heteroatoms. The van der Waals surface area contributed by atoms with E-state index < -0.39 is 31.5 Å². The molecule has 0 aliphatic carbocycles. The highest BCUT2D eigenvalue weighted by Crippen LogP contribution is 2.19. The highest BCUT2D eigenvalue weighted by Gasteiger charge is 2.13. The van der Waals surface area contributed by atoms with Gasteiger partial charge in [-0.05, 0) is 36.4 Å². The molecular formula is C20H20N2O6S2. The molecule has 0 saturated heterocycles. The minimum atomic E-state index is -3.63. The molecule has 2 aromatic carbocycles. The Bertz CT molecular complexity index is 1110. The second-order valence-electron chi connectivity index (χ2n) is 6.08. The lowest BCUT2D eigenvalue weighted by Crippen LogP contribution is -2.17. The summed E-state index contributed by atoms with van der Waals surface area (Å²) in [5.74, 6) is -0.970. The van der Waals surface area contributed by atoms with Gasteiger partial charge in [0.15, 0.2) is 19.7 Å². The third kappa shape index (κ3) is 6.13. The number of carbonyl (C=O) groups is 2. The first-order valence-electron chi connectivity index (χ1n) is 8.62. The van der Waals surface area contributed by atoms with Gasteiger partial charge in [-0.3, -0.25) is 9.59 Å². The number of hydrogen-bond donors (Lipinski definition) is 2. The van der Waals surface area contributed by atoms with Crippen LogP contribution in [0, 0.1) is 0 Å². The maximum absolute atomic E-state index is 12.1. The van der Waals surface area contributed by atoms with E-state index in [1.165, 1.54) is 48.5 Å². The number of carbonyl (C=O) groups excluding carboxylic acids is 2. The smallest absolute Gasteiger partial charge is 0.224 e. The van der Waals surface area contributed by atoms with E-state index in [9.17, 15) is 26.4 Å². The van der Waals surface area contributed by atoms with E-state index in [0.29, 0.717) is 0 Å². The van der Waals surface area contributed by atoms with E-state index in [4.69, 9.17) is 0 Å². The number of sulfone groups is 2. The van der Waals surface area contributed by atoms with Crippen molar-refractivity contribution in [1.29, 1.82) is 0 Å². The number of rotatable bonds is 9. The molecule has 0 atom stereocenters. The molecule has 0 aliphatic heterocycles. The van der Waals surface area contributed by atoms with Gasteiger partial charge in [0, 0.05) is 35.0 Å².